The van der Waals surface area contributed by atoms with Crippen LogP contribution < -0.4 is 0 Å². The highest BCUT2D eigenvalue weighted by Crippen LogP contribution is 2.40. The third-order valence-corrected chi connectivity index (χ3v) is 5.95. The second kappa shape index (κ2) is 7.23. The van der Waals surface area contributed by atoms with Gasteiger partial charge in [-0.05, 0) is 50.7 Å². The molecule has 0 aliphatic carbocycles. The number of hydrogen-bond donors (Lipinski definition) is 0. The smallest absolute Gasteiger partial charge is 0.230 e. The van der Waals surface area contributed by atoms with E-state index in [4.69, 9.17) is 4.74 Å². The van der Waals surface area contributed by atoms with Crippen LogP contribution in [0, 0.1) is 12.3 Å². The number of carbonyl (C=O) groups excluding carboxylic acids is 1. The van der Waals surface area contributed by atoms with Crippen molar-refractivity contribution in [1.82, 2.24) is 19.4 Å². The van der Waals surface area contributed by atoms with Crippen molar-refractivity contribution in [2.45, 2.75) is 39.2 Å². The zero-order valence-electron chi connectivity index (χ0n) is 14.1. The fourth-order valence-corrected chi connectivity index (χ4v) is 4.51. The summed E-state index contributed by atoms with van der Waals surface area (Å²) in [7, 11) is 1.71. The fourth-order valence-electron chi connectivity index (χ4n) is 3.84. The summed E-state index contributed by atoms with van der Waals surface area (Å²) in [5.74, 6) is 0.363. The maximum absolute atomic E-state index is 13.0. The van der Waals surface area contributed by atoms with Crippen molar-refractivity contribution in [3.05, 3.63) is 10.6 Å². The molecule has 23 heavy (non-hydrogen) atoms. The molecule has 0 N–H and O–H groups in total. The van der Waals surface area contributed by atoms with Crippen LogP contribution >= 0.6 is 11.5 Å². The Morgan fingerprint density at radius 3 is 2.96 bits per heavy atom. The second-order valence-corrected chi connectivity index (χ2v) is 7.60. The first-order valence-electron chi connectivity index (χ1n) is 8.43. The van der Waals surface area contributed by atoms with E-state index < -0.39 is 0 Å². The zero-order valence-corrected chi connectivity index (χ0v) is 14.9. The number of rotatable bonds is 6. The summed E-state index contributed by atoms with van der Waals surface area (Å²) in [5.41, 5.74) is 0.865. The summed E-state index contributed by atoms with van der Waals surface area (Å²) in [6.07, 6.45) is 4.06. The van der Waals surface area contributed by atoms with Gasteiger partial charge in [0.25, 0.3) is 0 Å². The van der Waals surface area contributed by atoms with Crippen LogP contribution in [-0.2, 0) is 16.1 Å². The lowest BCUT2D eigenvalue weighted by Crippen LogP contribution is -2.50. The van der Waals surface area contributed by atoms with E-state index in [2.05, 4.69) is 19.4 Å². The molecule has 2 aliphatic heterocycles. The Kier molecular flexibility index (Phi) is 5.28. The van der Waals surface area contributed by atoms with Crippen LogP contribution in [0.5, 0.6) is 0 Å². The van der Waals surface area contributed by atoms with Gasteiger partial charge < -0.3 is 9.64 Å². The minimum Gasteiger partial charge on any atom is -0.385 e. The van der Waals surface area contributed by atoms with Gasteiger partial charge in [0.1, 0.15) is 0 Å². The van der Waals surface area contributed by atoms with Gasteiger partial charge in [-0.15, -0.1) is 5.10 Å². The molecule has 3 heterocycles. The number of likely N-dealkylation sites (tertiary alicyclic amines) is 2. The largest absolute Gasteiger partial charge is 0.385 e. The maximum Gasteiger partial charge on any atom is 0.230 e. The molecule has 3 rings (SSSR count). The van der Waals surface area contributed by atoms with E-state index in [1.807, 2.05) is 6.92 Å². The van der Waals surface area contributed by atoms with Crippen LogP contribution in [0.2, 0.25) is 0 Å². The van der Waals surface area contributed by atoms with Gasteiger partial charge in [-0.3, -0.25) is 9.69 Å². The minimum atomic E-state index is -0.155. The summed E-state index contributed by atoms with van der Waals surface area (Å²) in [6, 6.07) is 0. The lowest BCUT2D eigenvalue weighted by Gasteiger charge is -2.39. The second-order valence-electron chi connectivity index (χ2n) is 6.76. The van der Waals surface area contributed by atoms with Crippen molar-refractivity contribution in [1.29, 1.82) is 0 Å². The Morgan fingerprint density at radius 1 is 1.35 bits per heavy atom. The Hall–Kier alpha value is -1.05. The first kappa shape index (κ1) is 16.8. The van der Waals surface area contributed by atoms with E-state index in [0.29, 0.717) is 5.91 Å². The molecule has 7 heteroatoms. The Bertz CT molecular complexity index is 550. The molecule has 0 bridgehead atoms. The monoisotopic (exact) mass is 338 g/mol. The molecular weight excluding hydrogens is 312 g/mol. The average molecular weight is 338 g/mol. The molecule has 2 aliphatic rings. The van der Waals surface area contributed by atoms with Crippen molar-refractivity contribution in [2.24, 2.45) is 5.41 Å². The number of hydrogen-bond acceptors (Lipinski definition) is 6. The van der Waals surface area contributed by atoms with Gasteiger partial charge in [0.05, 0.1) is 16.0 Å². The number of aryl methyl sites for hydroxylation is 1. The van der Waals surface area contributed by atoms with Crippen molar-refractivity contribution >= 4 is 17.4 Å². The molecular formula is C16H26N4O2S. The predicted octanol–water partition coefficient (Wildman–Crippen LogP) is 1.70. The van der Waals surface area contributed by atoms with E-state index in [1.165, 1.54) is 16.4 Å². The number of aromatic nitrogens is 2. The zero-order chi connectivity index (χ0) is 16.3. The molecule has 0 saturated carbocycles. The molecule has 1 spiro atoms. The van der Waals surface area contributed by atoms with E-state index in [0.717, 1.165) is 70.7 Å². The third kappa shape index (κ3) is 3.56. The summed E-state index contributed by atoms with van der Waals surface area (Å²) in [6.45, 7) is 7.21. The van der Waals surface area contributed by atoms with Gasteiger partial charge >= 0.3 is 0 Å². The molecule has 2 fully saturated rings. The molecule has 1 aromatic heterocycles. The average Bonchev–Trinajstić information content (AvgIpc) is 3.13. The van der Waals surface area contributed by atoms with E-state index in [-0.39, 0.29) is 5.41 Å². The molecule has 128 valence electrons. The maximum atomic E-state index is 13.0. The lowest BCUT2D eigenvalue weighted by atomic mass is 9.78. The highest BCUT2D eigenvalue weighted by Gasteiger charge is 2.48. The van der Waals surface area contributed by atoms with Crippen LogP contribution in [0.4, 0.5) is 0 Å². The Balaban J connectivity index is 1.61. The SMILES string of the molecule is COCCCN1CCC[C@@]2(CCN(Cc3snnc3C)C2)C1=O. The number of ether oxygens (including phenoxy) is 1. The molecule has 1 amide bonds. The van der Waals surface area contributed by atoms with Crippen LogP contribution in [0.15, 0.2) is 0 Å². The van der Waals surface area contributed by atoms with Gasteiger partial charge in [0.15, 0.2) is 0 Å². The van der Waals surface area contributed by atoms with Crippen LogP contribution in [0.3, 0.4) is 0 Å². The number of methoxy groups -OCH3 is 1. The van der Waals surface area contributed by atoms with E-state index in [9.17, 15) is 4.79 Å². The summed E-state index contributed by atoms with van der Waals surface area (Å²) in [5, 5.41) is 4.09. The van der Waals surface area contributed by atoms with Gasteiger partial charge in [-0.25, -0.2) is 0 Å². The molecule has 0 unspecified atom stereocenters. The normalized spacial score (nSPS) is 25.7. The van der Waals surface area contributed by atoms with Crippen molar-refractivity contribution in [3.8, 4) is 0 Å². The van der Waals surface area contributed by atoms with Crippen LogP contribution in [0.25, 0.3) is 0 Å². The third-order valence-electron chi connectivity index (χ3n) is 5.15. The van der Waals surface area contributed by atoms with Gasteiger partial charge in [-0.2, -0.15) is 0 Å². The first-order valence-corrected chi connectivity index (χ1v) is 9.20. The Labute approximate surface area is 142 Å². The van der Waals surface area contributed by atoms with Crippen molar-refractivity contribution in [3.63, 3.8) is 0 Å². The Morgan fingerprint density at radius 2 is 2.22 bits per heavy atom. The van der Waals surface area contributed by atoms with Gasteiger partial charge in [-0.1, -0.05) is 4.49 Å². The van der Waals surface area contributed by atoms with E-state index in [1.54, 1.807) is 7.11 Å². The molecule has 6 nitrogen and oxygen atoms in total. The molecule has 1 aromatic rings. The highest BCUT2D eigenvalue weighted by atomic mass is 32.1. The quantitative estimate of drug-likeness (QED) is 0.739. The number of amides is 1. The first-order chi connectivity index (χ1) is 11.1. The van der Waals surface area contributed by atoms with Crippen molar-refractivity contribution in [2.75, 3.05) is 39.9 Å². The number of piperidine rings is 1. The summed E-state index contributed by atoms with van der Waals surface area (Å²) in [4.78, 5) is 18.7. The number of carbonyl (C=O) groups is 1. The molecule has 0 radical (unpaired) electrons. The van der Waals surface area contributed by atoms with Gasteiger partial charge in [0.2, 0.25) is 5.91 Å². The number of nitrogens with zero attached hydrogens (tertiary/aromatic N) is 4. The van der Waals surface area contributed by atoms with Crippen LogP contribution in [0.1, 0.15) is 36.3 Å². The molecule has 1 atom stereocenters. The molecule has 2 saturated heterocycles. The predicted molar refractivity (Wildman–Crippen MR) is 89.3 cm³/mol. The summed E-state index contributed by atoms with van der Waals surface area (Å²) >= 11 is 1.47. The van der Waals surface area contributed by atoms with Crippen molar-refractivity contribution < 1.29 is 9.53 Å². The van der Waals surface area contributed by atoms with Gasteiger partial charge in [0, 0.05) is 39.9 Å². The van der Waals surface area contributed by atoms with E-state index >= 15 is 0 Å². The topological polar surface area (TPSA) is 58.6 Å². The van der Waals surface area contributed by atoms with Crippen LogP contribution in [-0.4, -0.2) is 65.2 Å². The molecule has 0 aromatic carbocycles. The minimum absolute atomic E-state index is 0.155. The highest BCUT2D eigenvalue weighted by molar-refractivity contribution is 7.05. The standard InChI is InChI=1S/C16H26N4O2S/c1-13-14(23-18-17-13)11-19-9-6-16(12-19)5-3-7-20(15(16)21)8-4-10-22-2/h3-12H2,1-2H3/t16-/m0/s1. The fraction of sp³-hybridized carbons (Fsp3) is 0.812. The summed E-state index contributed by atoms with van der Waals surface area (Å²) < 4.78 is 9.13. The lowest BCUT2D eigenvalue weighted by molar-refractivity contribution is -0.145.